The second-order valence-electron chi connectivity index (χ2n) is 18.3. The third kappa shape index (κ3) is 16.9. The molecule has 0 fully saturated rings. The number of fused-ring (bicyclic) bond motifs is 4. The first-order valence-electron chi connectivity index (χ1n) is 17.3. The number of hydrogen-bond donors (Lipinski definition) is 3. The molecule has 51 heavy (non-hydrogen) atoms. The molecule has 0 unspecified atom stereocenters. The van der Waals surface area contributed by atoms with Crippen LogP contribution in [0.15, 0.2) is 24.3 Å². The standard InChI is InChI=1S/C38H64N4O2.C2H4O2.CH3.2Ni/c1-35(2,3)31-15-27-19-39(11)23-37(7,8)25-41(13)21-29-17-32(36(4,5)6)18-30(34(29)44)22-42(14)26-38(9,10)24-40(12)20-28(16-31)33(27)43;1-2(3)4;;;/h15-18,43-44H,19-26H2,1-14H3;1H3,(H,3,4);1H3;;/q;;-1;+2;+3. The molecule has 4 bridgehead atoms. The Morgan fingerprint density at radius 3 is 0.922 bits per heavy atom. The van der Waals surface area contributed by atoms with Gasteiger partial charge in [-0.3, -0.25) is 4.79 Å². The van der Waals surface area contributed by atoms with E-state index in [9.17, 15) is 10.2 Å². The summed E-state index contributed by atoms with van der Waals surface area (Å²) in [5, 5.41) is 30.5. The predicted molar refractivity (Wildman–Crippen MR) is 206 cm³/mol. The summed E-state index contributed by atoms with van der Waals surface area (Å²) in [5.41, 5.74) is 6.48. The molecule has 3 rings (SSSR count). The number of nitrogens with zero attached hydrogens (tertiary/aromatic N) is 4. The Labute approximate surface area is 332 Å². The van der Waals surface area contributed by atoms with Crippen molar-refractivity contribution >= 4 is 5.97 Å². The minimum absolute atomic E-state index is 0. The van der Waals surface area contributed by atoms with E-state index in [2.05, 4.69) is 141 Å². The van der Waals surface area contributed by atoms with Crippen LogP contribution in [0.5, 0.6) is 11.5 Å². The van der Waals surface area contributed by atoms with E-state index in [0.717, 1.165) is 55.4 Å². The summed E-state index contributed by atoms with van der Waals surface area (Å²) < 4.78 is 0. The molecule has 0 amide bonds. The van der Waals surface area contributed by atoms with Crippen molar-refractivity contribution in [3.63, 3.8) is 0 Å². The van der Waals surface area contributed by atoms with Gasteiger partial charge in [0.05, 0.1) is 0 Å². The average molecular weight is 801 g/mol. The van der Waals surface area contributed by atoms with Crippen molar-refractivity contribution in [3.8, 4) is 11.5 Å². The Balaban J connectivity index is 0. The first kappa shape index (κ1) is 51.4. The Morgan fingerprint density at radius 1 is 0.588 bits per heavy atom. The van der Waals surface area contributed by atoms with Crippen molar-refractivity contribution in [1.29, 1.82) is 0 Å². The van der Waals surface area contributed by atoms with Crippen LogP contribution in [0.25, 0.3) is 0 Å². The number of aliphatic carboxylic acids is 1. The number of benzene rings is 2. The fourth-order valence-corrected chi connectivity index (χ4v) is 7.28. The van der Waals surface area contributed by atoms with Gasteiger partial charge in [0.1, 0.15) is 11.5 Å². The maximum atomic E-state index is 11.6. The van der Waals surface area contributed by atoms with Crippen LogP contribution in [-0.2, 0) is 74.8 Å². The van der Waals surface area contributed by atoms with Gasteiger partial charge in [-0.15, -0.1) is 0 Å². The van der Waals surface area contributed by atoms with E-state index >= 15 is 0 Å². The van der Waals surface area contributed by atoms with Gasteiger partial charge in [-0.2, -0.15) is 0 Å². The number of rotatable bonds is 0. The first-order valence-corrected chi connectivity index (χ1v) is 17.3. The van der Waals surface area contributed by atoms with Gasteiger partial charge in [-0.25, -0.2) is 0 Å². The quantitative estimate of drug-likeness (QED) is 0.185. The summed E-state index contributed by atoms with van der Waals surface area (Å²) in [6, 6.07) is 8.84. The molecule has 0 aromatic heterocycles. The summed E-state index contributed by atoms with van der Waals surface area (Å²) in [4.78, 5) is 18.4. The normalized spacial score (nSPS) is 18.5. The SMILES string of the molecule is CC(=O)O.CN1Cc2cc(C(C)(C)C)cc(c2O)CN(C)CC(C)(C)CN(C)Cc2cc(C(C)(C)C)cc(c2O)CN(C)CC(C)(C)C1.[CH3-].[Ni+2].[Ni+3]. The Morgan fingerprint density at radius 2 is 0.765 bits per heavy atom. The molecule has 10 heteroatoms. The molecule has 0 aliphatic carbocycles. The topological polar surface area (TPSA) is 90.7 Å². The Hall–Kier alpha value is -1.66. The Kier molecular flexibility index (Phi) is 20.3. The molecule has 2 aromatic carbocycles. The molecule has 3 N–H and O–H groups in total. The maximum absolute atomic E-state index is 11.6. The molecule has 2 aromatic rings. The van der Waals surface area contributed by atoms with Crippen molar-refractivity contribution < 1.29 is 53.1 Å². The van der Waals surface area contributed by atoms with Crippen molar-refractivity contribution in [3.05, 3.63) is 65.1 Å². The molecule has 0 saturated carbocycles. The maximum Gasteiger partial charge on any atom is 3.00 e. The average Bonchev–Trinajstić information content (AvgIpc) is 2.84. The zero-order valence-corrected chi connectivity index (χ0v) is 36.6. The van der Waals surface area contributed by atoms with Gasteiger partial charge in [0.15, 0.2) is 0 Å². The molecule has 295 valence electrons. The van der Waals surface area contributed by atoms with E-state index < -0.39 is 5.97 Å². The fraction of sp³-hybridized carbons (Fsp3) is 0.659. The monoisotopic (exact) mass is 799 g/mol. The number of carboxylic acids is 1. The number of hydrogen-bond acceptors (Lipinski definition) is 7. The summed E-state index contributed by atoms with van der Waals surface area (Å²) in [6.45, 7) is 30.1. The fourth-order valence-electron chi connectivity index (χ4n) is 7.28. The summed E-state index contributed by atoms with van der Waals surface area (Å²) >= 11 is 0. The molecule has 0 saturated heterocycles. The van der Waals surface area contributed by atoms with Crippen LogP contribution in [-0.4, -0.2) is 95.3 Å². The van der Waals surface area contributed by atoms with Crippen molar-refractivity contribution in [2.45, 2.75) is 113 Å². The summed E-state index contributed by atoms with van der Waals surface area (Å²) in [6.07, 6.45) is 0. The molecular formula is C41H71N4Ni2O4+4. The van der Waals surface area contributed by atoms with Gasteiger partial charge in [0.2, 0.25) is 0 Å². The van der Waals surface area contributed by atoms with E-state index in [4.69, 9.17) is 9.90 Å². The molecule has 0 spiro atoms. The van der Waals surface area contributed by atoms with Crippen LogP contribution in [0.4, 0.5) is 0 Å². The van der Waals surface area contributed by atoms with Gasteiger partial charge >= 0.3 is 33.0 Å². The van der Waals surface area contributed by atoms with E-state index in [0.29, 0.717) is 37.7 Å². The van der Waals surface area contributed by atoms with Gasteiger partial charge in [0, 0.05) is 81.5 Å². The van der Waals surface area contributed by atoms with Crippen LogP contribution in [0.2, 0.25) is 0 Å². The zero-order valence-electron chi connectivity index (χ0n) is 34.6. The number of phenolic OH excluding ortho intramolecular Hbond substituents is 2. The molecule has 8 nitrogen and oxygen atoms in total. The molecule has 0 atom stereocenters. The van der Waals surface area contributed by atoms with E-state index in [1.807, 2.05) is 0 Å². The van der Waals surface area contributed by atoms with Crippen LogP contribution < -0.4 is 0 Å². The van der Waals surface area contributed by atoms with Crippen molar-refractivity contribution in [1.82, 2.24) is 19.6 Å². The smallest absolute Gasteiger partial charge is 0.507 e. The third-order valence-corrected chi connectivity index (χ3v) is 8.82. The van der Waals surface area contributed by atoms with Crippen LogP contribution in [0.1, 0.15) is 110 Å². The van der Waals surface area contributed by atoms with Crippen LogP contribution in [0, 0.1) is 18.3 Å². The molecule has 1 aliphatic heterocycles. The second kappa shape index (κ2) is 20.1. The summed E-state index contributed by atoms with van der Waals surface area (Å²) in [7, 11) is 8.64. The van der Waals surface area contributed by atoms with E-state index in [1.54, 1.807) is 0 Å². The second-order valence-corrected chi connectivity index (χ2v) is 18.3. The van der Waals surface area contributed by atoms with Crippen molar-refractivity contribution in [2.24, 2.45) is 10.8 Å². The molecular weight excluding hydrogens is 730 g/mol. The number of carboxylic acid groups (broad SMARTS) is 1. The number of aromatic hydroxyl groups is 2. The van der Waals surface area contributed by atoms with Crippen LogP contribution in [0.3, 0.4) is 0 Å². The minimum Gasteiger partial charge on any atom is -0.507 e. The molecule has 1 radical (unpaired) electrons. The minimum atomic E-state index is -0.833. The largest absolute Gasteiger partial charge is 3.00 e. The third-order valence-electron chi connectivity index (χ3n) is 8.82. The van der Waals surface area contributed by atoms with Crippen molar-refractivity contribution in [2.75, 3.05) is 54.4 Å². The number of phenols is 2. The summed E-state index contributed by atoms with van der Waals surface area (Å²) in [5.74, 6) is 0.0270. The molecule has 1 heterocycles. The van der Waals surface area contributed by atoms with Gasteiger partial charge < -0.3 is 42.3 Å². The zero-order chi connectivity index (χ0) is 37.0. The van der Waals surface area contributed by atoms with Gasteiger partial charge in [-0.1, -0.05) is 93.5 Å². The molecule has 1 aliphatic rings. The first-order chi connectivity index (χ1) is 21.7. The van der Waals surface area contributed by atoms with Crippen LogP contribution >= 0.6 is 0 Å². The van der Waals surface area contributed by atoms with Gasteiger partial charge in [-0.05, 0) is 61.0 Å². The van der Waals surface area contributed by atoms with E-state index in [1.165, 1.54) is 11.1 Å². The predicted octanol–water partition coefficient (Wildman–Crippen LogP) is 7.72. The Bertz CT molecular complexity index is 1220. The number of carbonyl (C=O) groups is 1. The van der Waals surface area contributed by atoms with Gasteiger partial charge in [0.25, 0.3) is 5.97 Å². The van der Waals surface area contributed by atoms with E-state index in [-0.39, 0.29) is 62.1 Å².